The Balaban J connectivity index is 1.99. The first kappa shape index (κ1) is 14.0. The van der Waals surface area contributed by atoms with Crippen LogP contribution in [0, 0.1) is 17.1 Å². The highest BCUT2D eigenvalue weighted by Crippen LogP contribution is 2.27. The van der Waals surface area contributed by atoms with E-state index in [4.69, 9.17) is 5.41 Å². The van der Waals surface area contributed by atoms with Crippen molar-refractivity contribution >= 4 is 5.84 Å². The minimum Gasteiger partial charge on any atom is -0.350 e. The average molecular weight is 262 g/mol. The molecule has 1 N–H and O–H groups in total. The van der Waals surface area contributed by atoms with Crippen LogP contribution in [0.4, 0.5) is 4.39 Å². The van der Waals surface area contributed by atoms with Crippen molar-refractivity contribution in [3.8, 4) is 0 Å². The Kier molecular flexibility index (Phi) is 4.23. The summed E-state index contributed by atoms with van der Waals surface area (Å²) in [5.74, 6) is 0.959. The molecule has 2 rings (SSSR count). The lowest BCUT2D eigenvalue weighted by Crippen LogP contribution is -2.33. The van der Waals surface area contributed by atoms with E-state index in [0.29, 0.717) is 11.9 Å². The molecule has 0 amide bonds. The second-order valence-electron chi connectivity index (χ2n) is 5.95. The van der Waals surface area contributed by atoms with Crippen LogP contribution in [0.3, 0.4) is 0 Å². The van der Waals surface area contributed by atoms with Crippen molar-refractivity contribution in [2.24, 2.45) is 5.92 Å². The summed E-state index contributed by atoms with van der Waals surface area (Å²) >= 11 is 0. The van der Waals surface area contributed by atoms with E-state index in [1.54, 1.807) is 6.07 Å². The van der Waals surface area contributed by atoms with Gasteiger partial charge in [-0.05, 0) is 37.0 Å². The molecule has 0 fully saturated rings. The predicted molar refractivity (Wildman–Crippen MR) is 76.9 cm³/mol. The van der Waals surface area contributed by atoms with Gasteiger partial charge in [-0.2, -0.15) is 0 Å². The Labute approximate surface area is 115 Å². The molecule has 0 saturated heterocycles. The standard InChI is InChI=1S/C16H23FN2/c1-11(2)5-4-6-12(3)19-10-13-7-8-14(17)9-15(13)16(19)18/h7-9,11-12,18H,4-6,10H2,1-3H3. The van der Waals surface area contributed by atoms with Crippen molar-refractivity contribution in [2.45, 2.75) is 52.6 Å². The highest BCUT2D eigenvalue weighted by molar-refractivity contribution is 6.00. The quantitative estimate of drug-likeness (QED) is 0.846. The number of nitrogens with one attached hydrogen (secondary N) is 1. The minimum absolute atomic E-state index is 0.252. The van der Waals surface area contributed by atoms with Gasteiger partial charge in [-0.15, -0.1) is 0 Å². The van der Waals surface area contributed by atoms with E-state index in [1.807, 2.05) is 0 Å². The maximum atomic E-state index is 13.2. The molecular weight excluding hydrogens is 239 g/mol. The first-order chi connectivity index (χ1) is 8.99. The summed E-state index contributed by atoms with van der Waals surface area (Å²) in [6.45, 7) is 7.39. The summed E-state index contributed by atoms with van der Waals surface area (Å²) in [6, 6.07) is 5.12. The van der Waals surface area contributed by atoms with Gasteiger partial charge in [0.15, 0.2) is 0 Å². The first-order valence-corrected chi connectivity index (χ1v) is 7.13. The van der Waals surface area contributed by atoms with Crippen LogP contribution in [-0.2, 0) is 6.54 Å². The summed E-state index contributed by atoms with van der Waals surface area (Å²) < 4.78 is 13.2. The molecule has 1 unspecified atom stereocenters. The molecule has 2 nitrogen and oxygen atoms in total. The van der Waals surface area contributed by atoms with E-state index in [-0.39, 0.29) is 5.82 Å². The summed E-state index contributed by atoms with van der Waals surface area (Å²) in [7, 11) is 0. The Morgan fingerprint density at radius 1 is 1.26 bits per heavy atom. The molecule has 0 radical (unpaired) electrons. The van der Waals surface area contributed by atoms with Crippen molar-refractivity contribution in [1.82, 2.24) is 4.90 Å². The van der Waals surface area contributed by atoms with Gasteiger partial charge in [0, 0.05) is 18.2 Å². The molecule has 104 valence electrons. The monoisotopic (exact) mass is 262 g/mol. The van der Waals surface area contributed by atoms with Crippen LogP contribution in [0.1, 0.15) is 51.2 Å². The molecule has 1 aromatic rings. The third kappa shape index (κ3) is 3.14. The maximum Gasteiger partial charge on any atom is 0.129 e. The number of hydrogen-bond acceptors (Lipinski definition) is 1. The fourth-order valence-electron chi connectivity index (χ4n) is 2.68. The van der Waals surface area contributed by atoms with Gasteiger partial charge in [-0.1, -0.05) is 32.8 Å². The second kappa shape index (κ2) is 5.72. The molecule has 0 aliphatic carbocycles. The molecule has 1 atom stereocenters. The third-order valence-corrected chi connectivity index (χ3v) is 3.89. The zero-order valence-electron chi connectivity index (χ0n) is 12.0. The molecule has 19 heavy (non-hydrogen) atoms. The van der Waals surface area contributed by atoms with Gasteiger partial charge in [-0.3, -0.25) is 5.41 Å². The average Bonchev–Trinajstić information content (AvgIpc) is 2.66. The van der Waals surface area contributed by atoms with E-state index in [0.717, 1.165) is 30.0 Å². The number of benzene rings is 1. The van der Waals surface area contributed by atoms with Gasteiger partial charge in [-0.25, -0.2) is 4.39 Å². The Hall–Kier alpha value is -1.38. The third-order valence-electron chi connectivity index (χ3n) is 3.89. The van der Waals surface area contributed by atoms with E-state index < -0.39 is 0 Å². The summed E-state index contributed by atoms with van der Waals surface area (Å²) in [4.78, 5) is 2.09. The molecule has 3 heteroatoms. The Morgan fingerprint density at radius 3 is 2.68 bits per heavy atom. The number of amidine groups is 1. The van der Waals surface area contributed by atoms with Gasteiger partial charge >= 0.3 is 0 Å². The topological polar surface area (TPSA) is 27.1 Å². The summed E-state index contributed by atoms with van der Waals surface area (Å²) in [5.41, 5.74) is 1.83. The number of nitrogens with zero attached hydrogens (tertiary/aromatic N) is 1. The smallest absolute Gasteiger partial charge is 0.129 e. The number of halogens is 1. The molecule has 1 aromatic carbocycles. The van der Waals surface area contributed by atoms with Gasteiger partial charge in [0.25, 0.3) is 0 Å². The SMILES string of the molecule is CC(C)CCCC(C)N1Cc2ccc(F)cc2C1=N. The van der Waals surface area contributed by atoms with Crippen LogP contribution in [0.15, 0.2) is 18.2 Å². The predicted octanol–water partition coefficient (Wildman–Crippen LogP) is 4.18. The van der Waals surface area contributed by atoms with Gasteiger partial charge in [0.2, 0.25) is 0 Å². The van der Waals surface area contributed by atoms with Gasteiger partial charge in [0.1, 0.15) is 11.7 Å². The molecule has 0 saturated carbocycles. The van der Waals surface area contributed by atoms with Crippen molar-refractivity contribution < 1.29 is 4.39 Å². The molecule has 1 aliphatic rings. The molecular formula is C16H23FN2. The van der Waals surface area contributed by atoms with Gasteiger partial charge in [0.05, 0.1) is 0 Å². The Bertz CT molecular complexity index is 468. The molecule has 0 bridgehead atoms. The second-order valence-corrected chi connectivity index (χ2v) is 5.95. The number of rotatable bonds is 5. The fraction of sp³-hybridized carbons (Fsp3) is 0.562. The lowest BCUT2D eigenvalue weighted by molar-refractivity contribution is 0.305. The summed E-state index contributed by atoms with van der Waals surface area (Å²) in [5, 5.41) is 8.19. The van der Waals surface area contributed by atoms with E-state index in [9.17, 15) is 4.39 Å². The van der Waals surface area contributed by atoms with E-state index >= 15 is 0 Å². The van der Waals surface area contributed by atoms with Crippen LogP contribution in [0.2, 0.25) is 0 Å². The van der Waals surface area contributed by atoms with Crippen molar-refractivity contribution in [2.75, 3.05) is 0 Å². The Morgan fingerprint density at radius 2 is 2.00 bits per heavy atom. The van der Waals surface area contributed by atoms with Crippen molar-refractivity contribution in [3.05, 3.63) is 35.1 Å². The molecule has 1 heterocycles. The first-order valence-electron chi connectivity index (χ1n) is 7.13. The lowest BCUT2D eigenvalue weighted by Gasteiger charge is -2.26. The van der Waals surface area contributed by atoms with E-state index in [2.05, 4.69) is 25.7 Å². The van der Waals surface area contributed by atoms with Crippen LogP contribution >= 0.6 is 0 Å². The van der Waals surface area contributed by atoms with Crippen LogP contribution in [-0.4, -0.2) is 16.8 Å². The lowest BCUT2D eigenvalue weighted by atomic mass is 10.0. The van der Waals surface area contributed by atoms with Crippen molar-refractivity contribution in [3.63, 3.8) is 0 Å². The maximum absolute atomic E-state index is 13.2. The zero-order chi connectivity index (χ0) is 14.0. The minimum atomic E-state index is -0.252. The number of fused-ring (bicyclic) bond motifs is 1. The fourth-order valence-corrected chi connectivity index (χ4v) is 2.68. The van der Waals surface area contributed by atoms with Gasteiger partial charge < -0.3 is 4.90 Å². The largest absolute Gasteiger partial charge is 0.350 e. The molecule has 0 aromatic heterocycles. The highest BCUT2D eigenvalue weighted by atomic mass is 19.1. The van der Waals surface area contributed by atoms with Crippen LogP contribution in [0.5, 0.6) is 0 Å². The van der Waals surface area contributed by atoms with E-state index in [1.165, 1.54) is 25.0 Å². The number of hydrogen-bond donors (Lipinski definition) is 1. The zero-order valence-corrected chi connectivity index (χ0v) is 12.0. The normalized spacial score (nSPS) is 16.1. The highest BCUT2D eigenvalue weighted by Gasteiger charge is 2.27. The molecule has 1 aliphatic heterocycles. The van der Waals surface area contributed by atoms with Crippen LogP contribution in [0.25, 0.3) is 0 Å². The molecule has 0 spiro atoms. The van der Waals surface area contributed by atoms with Crippen molar-refractivity contribution in [1.29, 1.82) is 5.41 Å². The van der Waals surface area contributed by atoms with Crippen LogP contribution < -0.4 is 0 Å². The summed E-state index contributed by atoms with van der Waals surface area (Å²) in [6.07, 6.45) is 3.51.